The van der Waals surface area contributed by atoms with Crippen molar-refractivity contribution in [3.8, 4) is 23.3 Å². The van der Waals surface area contributed by atoms with E-state index < -0.39 is 56.2 Å². The molecule has 3 N–H and O–H groups in total. The van der Waals surface area contributed by atoms with Crippen LogP contribution in [-0.4, -0.2) is 4.98 Å². The number of H-pyrrole nitrogens is 1. The number of nitriles is 2. The largest absolute Gasteiger partial charge is 0.416 e. The summed E-state index contributed by atoms with van der Waals surface area (Å²) in [5, 5.41) is 17.3. The maximum atomic E-state index is 14.3. The molecule has 0 atom stereocenters. The second kappa shape index (κ2) is 5.87. The number of rotatable bonds is 1. The summed E-state index contributed by atoms with van der Waals surface area (Å²) >= 11 is 5.49. The van der Waals surface area contributed by atoms with E-state index in [2.05, 4.69) is 0 Å². The van der Waals surface area contributed by atoms with Crippen LogP contribution in [0.3, 0.4) is 0 Å². The van der Waals surface area contributed by atoms with Crippen LogP contribution in [0.15, 0.2) is 16.9 Å². The molecule has 0 aliphatic carbocycles. The van der Waals surface area contributed by atoms with Gasteiger partial charge in [0.2, 0.25) is 0 Å². The average Bonchev–Trinajstić information content (AvgIpc) is 2.48. The van der Waals surface area contributed by atoms with Crippen molar-refractivity contribution in [1.82, 2.24) is 4.98 Å². The maximum Gasteiger partial charge on any atom is 0.416 e. The Hall–Kier alpha value is -3.04. The summed E-state index contributed by atoms with van der Waals surface area (Å²) in [5.41, 5.74) is 0.297. The molecule has 0 aliphatic heterocycles. The first-order valence-corrected chi connectivity index (χ1v) is 6.42. The molecule has 1 heterocycles. The van der Waals surface area contributed by atoms with Gasteiger partial charge in [0.25, 0.3) is 5.56 Å². The van der Waals surface area contributed by atoms with Crippen LogP contribution in [0.1, 0.15) is 16.7 Å². The van der Waals surface area contributed by atoms with Crippen LogP contribution in [0.2, 0.25) is 5.02 Å². The van der Waals surface area contributed by atoms with Gasteiger partial charge in [-0.3, -0.25) is 4.79 Å². The predicted molar refractivity (Wildman–Crippen MR) is 76.3 cm³/mol. The lowest BCUT2D eigenvalue weighted by Crippen LogP contribution is -2.17. The lowest BCUT2D eigenvalue weighted by atomic mass is 9.94. The van der Waals surface area contributed by atoms with Crippen LogP contribution < -0.4 is 11.3 Å². The van der Waals surface area contributed by atoms with Gasteiger partial charge in [-0.1, -0.05) is 11.6 Å². The third kappa shape index (κ3) is 2.77. The van der Waals surface area contributed by atoms with E-state index in [1.54, 1.807) is 0 Å². The van der Waals surface area contributed by atoms with Crippen molar-refractivity contribution >= 4 is 17.4 Å². The summed E-state index contributed by atoms with van der Waals surface area (Å²) in [6.45, 7) is 0. The number of aromatic nitrogens is 1. The van der Waals surface area contributed by atoms with Gasteiger partial charge in [-0.25, -0.2) is 4.39 Å². The van der Waals surface area contributed by atoms with Gasteiger partial charge >= 0.3 is 6.18 Å². The Labute approximate surface area is 136 Å². The Bertz CT molecular complexity index is 983. The number of nitrogens with zero attached hydrogens (tertiary/aromatic N) is 2. The van der Waals surface area contributed by atoms with Crippen molar-refractivity contribution in [3.63, 3.8) is 0 Å². The third-order valence-electron chi connectivity index (χ3n) is 3.09. The van der Waals surface area contributed by atoms with E-state index in [4.69, 9.17) is 27.9 Å². The molecule has 0 amide bonds. The molecule has 2 rings (SSSR count). The molecule has 122 valence electrons. The predicted octanol–water partition coefficient (Wildman–Crippen LogP) is 3.18. The van der Waals surface area contributed by atoms with Gasteiger partial charge in [0.05, 0.1) is 10.6 Å². The quantitative estimate of drug-likeness (QED) is 0.765. The molecule has 5 nitrogen and oxygen atoms in total. The summed E-state index contributed by atoms with van der Waals surface area (Å²) in [6.07, 6.45) is -4.86. The summed E-state index contributed by atoms with van der Waals surface area (Å²) in [7, 11) is 0. The van der Waals surface area contributed by atoms with Gasteiger partial charge in [-0.05, 0) is 12.1 Å². The highest BCUT2D eigenvalue weighted by Crippen LogP contribution is 2.39. The summed E-state index contributed by atoms with van der Waals surface area (Å²) in [4.78, 5) is 13.8. The van der Waals surface area contributed by atoms with Crippen molar-refractivity contribution in [2.45, 2.75) is 6.18 Å². The third-order valence-corrected chi connectivity index (χ3v) is 3.37. The summed E-state index contributed by atoms with van der Waals surface area (Å²) in [6, 6.07) is 3.67. The van der Waals surface area contributed by atoms with Gasteiger partial charge < -0.3 is 10.7 Å². The molecule has 2 aromatic rings. The van der Waals surface area contributed by atoms with E-state index in [9.17, 15) is 22.4 Å². The first kappa shape index (κ1) is 17.3. The Morgan fingerprint density at radius 1 is 1.17 bits per heavy atom. The molecule has 0 saturated heterocycles. The molecule has 24 heavy (non-hydrogen) atoms. The number of nitrogen functional groups attached to an aromatic ring is 1. The smallest absolute Gasteiger partial charge is 0.384 e. The van der Waals surface area contributed by atoms with Gasteiger partial charge in [0, 0.05) is 11.1 Å². The molecule has 0 bridgehead atoms. The van der Waals surface area contributed by atoms with Crippen LogP contribution in [0.4, 0.5) is 23.4 Å². The highest BCUT2D eigenvalue weighted by Gasteiger charge is 2.33. The molecule has 0 aliphatic rings. The van der Waals surface area contributed by atoms with Crippen molar-refractivity contribution in [1.29, 1.82) is 10.5 Å². The average molecular weight is 357 g/mol. The molecule has 1 aromatic heterocycles. The summed E-state index contributed by atoms with van der Waals surface area (Å²) in [5.74, 6) is -1.83. The Morgan fingerprint density at radius 3 is 2.25 bits per heavy atom. The van der Waals surface area contributed by atoms with E-state index in [1.165, 1.54) is 12.1 Å². The van der Waals surface area contributed by atoms with E-state index in [1.807, 2.05) is 4.98 Å². The first-order valence-electron chi connectivity index (χ1n) is 6.04. The second-order valence-electron chi connectivity index (χ2n) is 4.53. The molecule has 1 aromatic carbocycles. The first-order chi connectivity index (χ1) is 11.1. The SMILES string of the molecule is N#Cc1c(N)[nH]c(=O)c(C#N)c1-c1cc(C(F)(F)F)cc(Cl)c1F. The van der Waals surface area contributed by atoms with E-state index >= 15 is 0 Å². The van der Waals surface area contributed by atoms with Crippen molar-refractivity contribution in [2.75, 3.05) is 5.73 Å². The molecule has 0 radical (unpaired) electrons. The minimum atomic E-state index is -4.86. The minimum absolute atomic E-state index is 0.356. The number of benzene rings is 1. The second-order valence-corrected chi connectivity index (χ2v) is 4.94. The normalized spacial score (nSPS) is 11.0. The molecule has 10 heteroatoms. The molecular weight excluding hydrogens is 352 g/mol. The number of alkyl halides is 3. The molecule has 0 saturated carbocycles. The standard InChI is InChI=1S/C14H5ClF4N4O/c15-9-2-5(14(17,18)19)1-6(11(9)16)10-7(3-20)12(22)23-13(24)8(10)4-21/h1-2H,(H3,22,23,24). The van der Waals surface area contributed by atoms with Gasteiger partial charge in [-0.15, -0.1) is 0 Å². The zero-order chi connectivity index (χ0) is 18.2. The van der Waals surface area contributed by atoms with E-state index in [0.29, 0.717) is 12.1 Å². The maximum absolute atomic E-state index is 14.3. The number of halogens is 5. The monoisotopic (exact) mass is 356 g/mol. The van der Waals surface area contributed by atoms with Gasteiger partial charge in [0.15, 0.2) is 0 Å². The van der Waals surface area contributed by atoms with Crippen molar-refractivity contribution in [2.24, 2.45) is 0 Å². The van der Waals surface area contributed by atoms with Crippen LogP contribution in [0.25, 0.3) is 11.1 Å². The number of anilines is 1. The number of aromatic amines is 1. The molecule has 0 fully saturated rings. The van der Waals surface area contributed by atoms with Crippen LogP contribution in [0, 0.1) is 28.5 Å². The Morgan fingerprint density at radius 2 is 1.75 bits per heavy atom. The lowest BCUT2D eigenvalue weighted by molar-refractivity contribution is -0.137. The number of hydrogen-bond donors (Lipinski definition) is 2. The van der Waals surface area contributed by atoms with E-state index in [0.717, 1.165) is 0 Å². The van der Waals surface area contributed by atoms with E-state index in [-0.39, 0.29) is 0 Å². The van der Waals surface area contributed by atoms with Gasteiger partial charge in [-0.2, -0.15) is 23.7 Å². The Balaban J connectivity index is 3.03. The van der Waals surface area contributed by atoms with Crippen molar-refractivity contribution < 1.29 is 17.6 Å². The van der Waals surface area contributed by atoms with Crippen LogP contribution >= 0.6 is 11.6 Å². The zero-order valence-corrected chi connectivity index (χ0v) is 12.2. The highest BCUT2D eigenvalue weighted by atomic mass is 35.5. The fourth-order valence-corrected chi connectivity index (χ4v) is 2.27. The topological polar surface area (TPSA) is 106 Å². The van der Waals surface area contributed by atoms with Crippen molar-refractivity contribution in [3.05, 3.63) is 50.0 Å². The minimum Gasteiger partial charge on any atom is -0.384 e. The molecule has 0 spiro atoms. The lowest BCUT2D eigenvalue weighted by Gasteiger charge is -2.14. The number of nitrogens with one attached hydrogen (secondary N) is 1. The molecular formula is C14H5ClF4N4O. The zero-order valence-electron chi connectivity index (χ0n) is 11.4. The van der Waals surface area contributed by atoms with Crippen LogP contribution in [-0.2, 0) is 6.18 Å². The Kier molecular flexibility index (Phi) is 4.24. The molecule has 0 unspecified atom stereocenters. The summed E-state index contributed by atoms with van der Waals surface area (Å²) < 4.78 is 53.0. The van der Waals surface area contributed by atoms with Crippen LogP contribution in [0.5, 0.6) is 0 Å². The number of hydrogen-bond acceptors (Lipinski definition) is 4. The fourth-order valence-electron chi connectivity index (χ4n) is 2.05. The highest BCUT2D eigenvalue weighted by molar-refractivity contribution is 6.31. The fraction of sp³-hybridized carbons (Fsp3) is 0.0714. The van der Waals surface area contributed by atoms with Gasteiger partial charge in [0.1, 0.15) is 34.9 Å². The number of nitrogens with two attached hydrogens (primary N) is 1. The number of pyridine rings is 1.